The van der Waals surface area contributed by atoms with Gasteiger partial charge in [-0.3, -0.25) is 4.79 Å². The number of nitrogens with one attached hydrogen (secondary N) is 1. The van der Waals surface area contributed by atoms with Gasteiger partial charge in [0.05, 0.1) is 16.8 Å². The lowest BCUT2D eigenvalue weighted by Gasteiger charge is -2.07. The fourth-order valence-corrected chi connectivity index (χ4v) is 1.56. The molecule has 0 aliphatic carbocycles. The van der Waals surface area contributed by atoms with Gasteiger partial charge in [0.2, 0.25) is 0 Å². The average Bonchev–Trinajstić information content (AvgIpc) is 2.47. The minimum absolute atomic E-state index is 0.00510. The van der Waals surface area contributed by atoms with E-state index in [0.29, 0.717) is 5.56 Å². The number of carbonyl (C=O) groups excluding carboxylic acids is 1. The Morgan fingerprint density at radius 2 is 1.95 bits per heavy atom. The molecule has 1 amide bonds. The summed E-state index contributed by atoms with van der Waals surface area (Å²) in [4.78, 5) is 26.8. The highest BCUT2D eigenvalue weighted by atomic mass is 16.4. The highest BCUT2D eigenvalue weighted by Gasteiger charge is 2.13. The molecule has 0 bridgehead atoms. The molecule has 2 rings (SSSR count). The van der Waals surface area contributed by atoms with Crippen molar-refractivity contribution in [2.24, 2.45) is 0 Å². The van der Waals surface area contributed by atoms with Crippen LogP contribution in [0.25, 0.3) is 0 Å². The van der Waals surface area contributed by atoms with Gasteiger partial charge in [0.15, 0.2) is 0 Å². The second kappa shape index (κ2) is 5.63. The third kappa shape index (κ3) is 2.79. The zero-order valence-electron chi connectivity index (χ0n) is 10.2. The summed E-state index contributed by atoms with van der Waals surface area (Å²) >= 11 is 0. The molecule has 0 aliphatic heterocycles. The summed E-state index contributed by atoms with van der Waals surface area (Å²) in [5, 5.41) is 20.1. The van der Waals surface area contributed by atoms with Crippen LogP contribution < -0.4 is 5.32 Å². The zero-order valence-corrected chi connectivity index (χ0v) is 10.2. The summed E-state index contributed by atoms with van der Waals surface area (Å²) < 4.78 is 0. The van der Waals surface area contributed by atoms with Gasteiger partial charge in [-0.25, -0.2) is 9.78 Å². The van der Waals surface area contributed by atoms with Crippen molar-refractivity contribution in [3.63, 3.8) is 0 Å². The van der Waals surface area contributed by atoms with Gasteiger partial charge in [0.1, 0.15) is 11.8 Å². The lowest BCUT2D eigenvalue weighted by Crippen LogP contribution is -2.16. The monoisotopic (exact) mass is 267 g/mol. The van der Waals surface area contributed by atoms with Crippen molar-refractivity contribution < 1.29 is 14.7 Å². The number of pyridine rings is 1. The van der Waals surface area contributed by atoms with Gasteiger partial charge >= 0.3 is 5.97 Å². The molecule has 98 valence electrons. The van der Waals surface area contributed by atoms with Gasteiger partial charge in [-0.15, -0.1) is 0 Å². The number of amides is 1. The van der Waals surface area contributed by atoms with Gasteiger partial charge < -0.3 is 10.4 Å². The topological polar surface area (TPSA) is 103 Å². The smallest absolute Gasteiger partial charge is 0.337 e. The van der Waals surface area contributed by atoms with Crippen LogP contribution >= 0.6 is 0 Å². The number of carbonyl (C=O) groups is 2. The number of nitriles is 1. The number of benzene rings is 1. The highest BCUT2D eigenvalue weighted by Crippen LogP contribution is 2.15. The third-order valence-electron chi connectivity index (χ3n) is 2.53. The maximum atomic E-state index is 11.9. The van der Waals surface area contributed by atoms with Gasteiger partial charge in [-0.1, -0.05) is 12.1 Å². The number of rotatable bonds is 3. The molecule has 6 heteroatoms. The van der Waals surface area contributed by atoms with Crippen molar-refractivity contribution >= 4 is 17.6 Å². The van der Waals surface area contributed by atoms with Crippen LogP contribution in [0.2, 0.25) is 0 Å². The van der Waals surface area contributed by atoms with Crippen LogP contribution in [0.5, 0.6) is 0 Å². The largest absolute Gasteiger partial charge is 0.478 e. The number of aromatic nitrogens is 1. The molecular weight excluding hydrogens is 258 g/mol. The molecule has 1 aromatic carbocycles. The van der Waals surface area contributed by atoms with Crippen molar-refractivity contribution in [1.82, 2.24) is 4.98 Å². The molecule has 6 nitrogen and oxygen atoms in total. The fourth-order valence-electron chi connectivity index (χ4n) is 1.56. The molecule has 0 saturated heterocycles. The van der Waals surface area contributed by atoms with Crippen LogP contribution in [0.4, 0.5) is 5.69 Å². The summed E-state index contributed by atoms with van der Waals surface area (Å²) in [6.07, 6.45) is 1.28. The normalized spacial score (nSPS) is 9.55. The second-order valence-electron chi connectivity index (χ2n) is 3.85. The van der Waals surface area contributed by atoms with Crippen molar-refractivity contribution in [2.45, 2.75) is 0 Å². The molecule has 0 radical (unpaired) electrons. The molecule has 1 heterocycles. The number of carboxylic acids is 1. The van der Waals surface area contributed by atoms with E-state index >= 15 is 0 Å². The van der Waals surface area contributed by atoms with E-state index in [-0.39, 0.29) is 16.9 Å². The van der Waals surface area contributed by atoms with Crippen LogP contribution in [0, 0.1) is 11.3 Å². The average molecular weight is 267 g/mol. The number of aromatic carboxylic acids is 1. The minimum atomic E-state index is -1.13. The molecular formula is C14H9N3O3. The summed E-state index contributed by atoms with van der Waals surface area (Å²) in [5.41, 5.74) is 0.627. The predicted octanol–water partition coefficient (Wildman–Crippen LogP) is 1.90. The summed E-state index contributed by atoms with van der Waals surface area (Å²) in [6.45, 7) is 0. The Morgan fingerprint density at radius 1 is 1.20 bits per heavy atom. The lowest BCUT2D eigenvalue weighted by molar-refractivity contribution is 0.0698. The van der Waals surface area contributed by atoms with Crippen LogP contribution in [-0.4, -0.2) is 22.0 Å². The molecule has 1 aromatic heterocycles. The second-order valence-corrected chi connectivity index (χ2v) is 3.85. The fraction of sp³-hybridized carbons (Fsp3) is 0. The first-order valence-corrected chi connectivity index (χ1v) is 5.61. The van der Waals surface area contributed by atoms with Gasteiger partial charge in [-0.2, -0.15) is 5.26 Å². The first-order valence-electron chi connectivity index (χ1n) is 5.61. The Labute approximate surface area is 114 Å². The maximum absolute atomic E-state index is 11.9. The van der Waals surface area contributed by atoms with Crippen molar-refractivity contribution in [3.05, 3.63) is 59.4 Å². The quantitative estimate of drug-likeness (QED) is 0.884. The Kier molecular flexibility index (Phi) is 3.72. The molecule has 2 aromatic rings. The lowest BCUT2D eigenvalue weighted by atomic mass is 10.1. The van der Waals surface area contributed by atoms with Crippen LogP contribution in [0.3, 0.4) is 0 Å². The summed E-state index contributed by atoms with van der Waals surface area (Å²) in [5.74, 6) is -1.67. The number of hydrogen-bond acceptors (Lipinski definition) is 4. The van der Waals surface area contributed by atoms with Crippen molar-refractivity contribution in [2.75, 3.05) is 5.32 Å². The Bertz CT molecular complexity index is 702. The molecule has 0 saturated carbocycles. The standard InChI is InChI=1S/C14H9N3O3/c15-7-9-5-6-12(16-8-9)13(18)17-11-4-2-1-3-10(11)14(19)20/h1-6,8H,(H,17,18)(H,19,20). The van der Waals surface area contributed by atoms with Gasteiger partial charge in [0, 0.05) is 6.20 Å². The van der Waals surface area contributed by atoms with E-state index in [1.807, 2.05) is 6.07 Å². The Balaban J connectivity index is 2.23. The highest BCUT2D eigenvalue weighted by molar-refractivity contribution is 6.06. The number of carboxylic acid groups (broad SMARTS) is 1. The van der Waals surface area contributed by atoms with E-state index in [1.54, 1.807) is 12.1 Å². The first-order chi connectivity index (χ1) is 9.61. The van der Waals surface area contributed by atoms with E-state index in [4.69, 9.17) is 10.4 Å². The predicted molar refractivity (Wildman–Crippen MR) is 70.3 cm³/mol. The number of para-hydroxylation sites is 1. The van der Waals surface area contributed by atoms with Crippen LogP contribution in [0.15, 0.2) is 42.6 Å². The molecule has 0 spiro atoms. The van der Waals surface area contributed by atoms with E-state index in [2.05, 4.69) is 10.3 Å². The SMILES string of the molecule is N#Cc1ccc(C(=O)Nc2ccccc2C(=O)O)nc1. The van der Waals surface area contributed by atoms with Crippen molar-refractivity contribution in [1.29, 1.82) is 5.26 Å². The summed E-state index contributed by atoms with van der Waals surface area (Å²) in [6, 6.07) is 10.8. The molecule has 0 atom stereocenters. The van der Waals surface area contributed by atoms with Gasteiger partial charge in [-0.05, 0) is 24.3 Å². The third-order valence-corrected chi connectivity index (χ3v) is 2.53. The number of hydrogen-bond donors (Lipinski definition) is 2. The van der Waals surface area contributed by atoms with E-state index in [9.17, 15) is 9.59 Å². The van der Waals surface area contributed by atoms with Gasteiger partial charge in [0.25, 0.3) is 5.91 Å². The molecule has 0 unspecified atom stereocenters. The minimum Gasteiger partial charge on any atom is -0.478 e. The van der Waals surface area contributed by atoms with Crippen LogP contribution in [-0.2, 0) is 0 Å². The molecule has 2 N–H and O–H groups in total. The molecule has 0 fully saturated rings. The molecule has 0 aliphatic rings. The maximum Gasteiger partial charge on any atom is 0.337 e. The Morgan fingerprint density at radius 3 is 2.55 bits per heavy atom. The van der Waals surface area contributed by atoms with Crippen LogP contribution in [0.1, 0.15) is 26.4 Å². The number of nitrogens with zero attached hydrogens (tertiary/aromatic N) is 2. The first kappa shape index (κ1) is 13.2. The molecule has 20 heavy (non-hydrogen) atoms. The zero-order chi connectivity index (χ0) is 14.5. The van der Waals surface area contributed by atoms with E-state index in [1.165, 1.54) is 30.5 Å². The van der Waals surface area contributed by atoms with E-state index < -0.39 is 11.9 Å². The van der Waals surface area contributed by atoms with E-state index in [0.717, 1.165) is 0 Å². The number of anilines is 1. The summed E-state index contributed by atoms with van der Waals surface area (Å²) in [7, 11) is 0. The van der Waals surface area contributed by atoms with Crippen molar-refractivity contribution in [3.8, 4) is 6.07 Å². The Hall–Kier alpha value is -3.20.